The number of benzene rings is 1. The van der Waals surface area contributed by atoms with E-state index in [0.717, 1.165) is 42.7 Å². The molecule has 134 valence electrons. The Balaban J connectivity index is 1.90. The number of aliphatic hydroxyl groups excluding tert-OH is 1. The number of fused-ring (bicyclic) bond motifs is 1. The van der Waals surface area contributed by atoms with Gasteiger partial charge in [0, 0.05) is 25.0 Å². The van der Waals surface area contributed by atoms with Crippen LogP contribution in [0.5, 0.6) is 0 Å². The number of rotatable bonds is 4. The van der Waals surface area contributed by atoms with Gasteiger partial charge in [0.2, 0.25) is 0 Å². The lowest BCUT2D eigenvalue weighted by Crippen LogP contribution is -2.39. The summed E-state index contributed by atoms with van der Waals surface area (Å²) in [6.07, 6.45) is 1.65. The van der Waals surface area contributed by atoms with Crippen molar-refractivity contribution in [3.05, 3.63) is 35.9 Å². The third-order valence-corrected chi connectivity index (χ3v) is 4.81. The number of nitrogens with zero attached hydrogens (tertiary/aromatic N) is 2. The van der Waals surface area contributed by atoms with E-state index in [-0.39, 0.29) is 17.9 Å². The third-order valence-electron chi connectivity index (χ3n) is 4.81. The van der Waals surface area contributed by atoms with Crippen molar-refractivity contribution in [3.8, 4) is 0 Å². The van der Waals surface area contributed by atoms with Crippen molar-refractivity contribution in [2.75, 3.05) is 24.5 Å². The Morgan fingerprint density at radius 1 is 1.28 bits per heavy atom. The highest BCUT2D eigenvalue weighted by Crippen LogP contribution is 2.27. The van der Waals surface area contributed by atoms with E-state index in [1.54, 1.807) is 0 Å². The maximum Gasteiger partial charge on any atom is 0.255 e. The van der Waals surface area contributed by atoms with Crippen LogP contribution < -0.4 is 10.2 Å². The molecule has 25 heavy (non-hydrogen) atoms. The summed E-state index contributed by atoms with van der Waals surface area (Å²) in [4.78, 5) is 19.7. The Hall–Kier alpha value is -2.14. The van der Waals surface area contributed by atoms with Crippen LogP contribution in [0.4, 0.5) is 5.82 Å². The van der Waals surface area contributed by atoms with Gasteiger partial charge in [-0.25, -0.2) is 4.98 Å². The van der Waals surface area contributed by atoms with Crippen LogP contribution in [0.3, 0.4) is 0 Å². The number of pyridine rings is 1. The molecule has 1 aliphatic heterocycles. The van der Waals surface area contributed by atoms with Crippen LogP contribution in [0.1, 0.15) is 44.0 Å². The number of hydrogen-bond donors (Lipinski definition) is 2. The molecule has 1 aromatic heterocycles. The van der Waals surface area contributed by atoms with Gasteiger partial charge in [-0.05, 0) is 30.4 Å². The lowest BCUT2D eigenvalue weighted by molar-refractivity contribution is 0.0587. The Bertz CT molecular complexity index is 761. The Kier molecular flexibility index (Phi) is 4.95. The summed E-state index contributed by atoms with van der Waals surface area (Å²) in [5, 5.41) is 14.0. The molecule has 5 heteroatoms. The van der Waals surface area contributed by atoms with Crippen LogP contribution >= 0.6 is 0 Å². The van der Waals surface area contributed by atoms with Gasteiger partial charge in [-0.3, -0.25) is 4.79 Å². The Morgan fingerprint density at radius 2 is 1.96 bits per heavy atom. The fraction of sp³-hybridized carbons (Fsp3) is 0.500. The molecule has 1 aromatic carbocycles. The minimum absolute atomic E-state index is 0.177. The zero-order chi connectivity index (χ0) is 18.0. The number of aliphatic hydroxyl groups is 1. The molecule has 0 saturated carbocycles. The van der Waals surface area contributed by atoms with Gasteiger partial charge in [-0.2, -0.15) is 0 Å². The van der Waals surface area contributed by atoms with Crippen molar-refractivity contribution in [1.82, 2.24) is 10.3 Å². The average Bonchev–Trinajstić information content (AvgIpc) is 3.11. The third kappa shape index (κ3) is 3.93. The minimum atomic E-state index is -0.597. The molecule has 0 bridgehead atoms. The smallest absolute Gasteiger partial charge is 0.255 e. The van der Waals surface area contributed by atoms with Crippen LogP contribution in [0.15, 0.2) is 30.3 Å². The van der Waals surface area contributed by atoms with Crippen molar-refractivity contribution >= 4 is 22.6 Å². The lowest BCUT2D eigenvalue weighted by atomic mass is 9.89. The molecule has 5 nitrogen and oxygen atoms in total. The summed E-state index contributed by atoms with van der Waals surface area (Å²) >= 11 is 0. The zero-order valence-corrected chi connectivity index (χ0v) is 15.2. The maximum absolute atomic E-state index is 12.8. The van der Waals surface area contributed by atoms with Gasteiger partial charge >= 0.3 is 0 Å². The van der Waals surface area contributed by atoms with Gasteiger partial charge in [0.05, 0.1) is 17.2 Å². The normalized spacial score (nSPS) is 16.2. The molecule has 1 saturated heterocycles. The predicted octanol–water partition coefficient (Wildman–Crippen LogP) is 2.97. The molecule has 3 rings (SSSR count). The topological polar surface area (TPSA) is 65.5 Å². The van der Waals surface area contributed by atoms with E-state index >= 15 is 0 Å². The number of para-hydroxylation sites is 1. The highest BCUT2D eigenvalue weighted by molar-refractivity contribution is 6.02. The molecule has 1 atom stereocenters. The average molecular weight is 341 g/mol. The van der Waals surface area contributed by atoms with Crippen molar-refractivity contribution in [2.24, 2.45) is 5.41 Å². The van der Waals surface area contributed by atoms with Gasteiger partial charge < -0.3 is 15.3 Å². The molecular weight excluding hydrogens is 314 g/mol. The number of nitrogens with one attached hydrogen (secondary N) is 1. The fourth-order valence-electron chi connectivity index (χ4n) is 3.03. The number of carbonyl (C=O) groups excluding carboxylic acids is 1. The summed E-state index contributed by atoms with van der Waals surface area (Å²) in [7, 11) is 0. The molecule has 1 unspecified atom stereocenters. The van der Waals surface area contributed by atoms with Gasteiger partial charge in [0.1, 0.15) is 5.82 Å². The van der Waals surface area contributed by atoms with Gasteiger partial charge in [-0.15, -0.1) is 0 Å². The Morgan fingerprint density at radius 3 is 2.64 bits per heavy atom. The summed E-state index contributed by atoms with van der Waals surface area (Å²) < 4.78 is 0. The van der Waals surface area contributed by atoms with Crippen molar-refractivity contribution in [2.45, 2.75) is 39.7 Å². The van der Waals surface area contributed by atoms with Crippen LogP contribution in [0.2, 0.25) is 0 Å². The van der Waals surface area contributed by atoms with Crippen LogP contribution in [-0.2, 0) is 0 Å². The molecule has 2 heterocycles. The van der Waals surface area contributed by atoms with E-state index in [0.29, 0.717) is 5.56 Å². The second kappa shape index (κ2) is 7.00. The molecule has 1 aliphatic rings. The minimum Gasteiger partial charge on any atom is -0.391 e. The van der Waals surface area contributed by atoms with E-state index < -0.39 is 6.10 Å². The first kappa shape index (κ1) is 17.7. The lowest BCUT2D eigenvalue weighted by Gasteiger charge is -2.26. The molecule has 0 radical (unpaired) electrons. The SMILES string of the molecule is CC(C)(C)C(O)CNC(=O)c1cc2ccccc2nc1N1CCCC1. The first-order chi connectivity index (χ1) is 11.9. The van der Waals surface area contributed by atoms with Crippen LogP contribution in [0.25, 0.3) is 10.9 Å². The molecule has 2 N–H and O–H groups in total. The number of amides is 1. The zero-order valence-electron chi connectivity index (χ0n) is 15.2. The standard InChI is InChI=1S/C20H27N3O2/c1-20(2,3)17(24)13-21-19(25)15-12-14-8-4-5-9-16(14)22-18(15)23-10-6-7-11-23/h4-5,8-9,12,17,24H,6-7,10-11,13H2,1-3H3,(H,21,25). The highest BCUT2D eigenvalue weighted by atomic mass is 16.3. The largest absolute Gasteiger partial charge is 0.391 e. The molecule has 2 aromatic rings. The number of carbonyl (C=O) groups is 1. The molecule has 0 spiro atoms. The highest BCUT2D eigenvalue weighted by Gasteiger charge is 2.25. The number of anilines is 1. The van der Waals surface area contributed by atoms with E-state index in [9.17, 15) is 9.90 Å². The maximum atomic E-state index is 12.8. The first-order valence-corrected chi connectivity index (χ1v) is 8.97. The number of hydrogen-bond acceptors (Lipinski definition) is 4. The van der Waals surface area contributed by atoms with Crippen molar-refractivity contribution in [3.63, 3.8) is 0 Å². The van der Waals surface area contributed by atoms with E-state index in [1.165, 1.54) is 0 Å². The van der Waals surface area contributed by atoms with Gasteiger partial charge in [0.15, 0.2) is 0 Å². The summed E-state index contributed by atoms with van der Waals surface area (Å²) in [5.41, 5.74) is 1.21. The monoisotopic (exact) mass is 341 g/mol. The number of aromatic nitrogens is 1. The van der Waals surface area contributed by atoms with Crippen LogP contribution in [0, 0.1) is 5.41 Å². The second-order valence-electron chi connectivity index (χ2n) is 7.84. The summed E-state index contributed by atoms with van der Waals surface area (Å²) in [6, 6.07) is 9.76. The van der Waals surface area contributed by atoms with Gasteiger partial charge in [0.25, 0.3) is 5.91 Å². The predicted molar refractivity (Wildman–Crippen MR) is 101 cm³/mol. The van der Waals surface area contributed by atoms with E-state index in [4.69, 9.17) is 4.98 Å². The summed E-state index contributed by atoms with van der Waals surface area (Å²) in [5.74, 6) is 0.572. The molecule has 0 aliphatic carbocycles. The van der Waals surface area contributed by atoms with Crippen molar-refractivity contribution in [1.29, 1.82) is 0 Å². The fourth-order valence-corrected chi connectivity index (χ4v) is 3.03. The molecule has 1 fully saturated rings. The molecule has 1 amide bonds. The van der Waals surface area contributed by atoms with Crippen molar-refractivity contribution < 1.29 is 9.90 Å². The second-order valence-corrected chi connectivity index (χ2v) is 7.84. The van der Waals surface area contributed by atoms with Gasteiger partial charge in [-0.1, -0.05) is 39.0 Å². The van der Waals surface area contributed by atoms with Crippen LogP contribution in [-0.4, -0.2) is 41.7 Å². The molecular formula is C20H27N3O2. The summed E-state index contributed by atoms with van der Waals surface area (Å²) in [6.45, 7) is 7.95. The van der Waals surface area contributed by atoms with E-state index in [2.05, 4.69) is 10.2 Å². The first-order valence-electron chi connectivity index (χ1n) is 8.97. The Labute approximate surface area is 149 Å². The quantitative estimate of drug-likeness (QED) is 0.897. The van der Waals surface area contributed by atoms with E-state index in [1.807, 2.05) is 51.1 Å².